The van der Waals surface area contributed by atoms with Crippen LogP contribution in [0.5, 0.6) is 0 Å². The number of aryl methyl sites for hydroxylation is 2. The molecule has 2 rings (SSSR count). The third kappa shape index (κ3) is 3.85. The van der Waals surface area contributed by atoms with Gasteiger partial charge >= 0.3 is 0 Å². The lowest BCUT2D eigenvalue weighted by Gasteiger charge is -2.12. The first-order chi connectivity index (χ1) is 9.08. The Labute approximate surface area is 119 Å². The molecule has 19 heavy (non-hydrogen) atoms. The van der Waals surface area contributed by atoms with Crippen LogP contribution >= 0.6 is 11.8 Å². The van der Waals surface area contributed by atoms with Gasteiger partial charge in [0.1, 0.15) is 0 Å². The monoisotopic (exact) mass is 272 g/mol. The highest BCUT2D eigenvalue weighted by Crippen LogP contribution is 2.22. The van der Waals surface area contributed by atoms with Gasteiger partial charge in [-0.3, -0.25) is 0 Å². The van der Waals surface area contributed by atoms with Gasteiger partial charge < -0.3 is 5.11 Å². The number of benzene rings is 2. The molecule has 100 valence electrons. The van der Waals surface area contributed by atoms with Gasteiger partial charge in [-0.1, -0.05) is 41.5 Å². The molecule has 0 bridgehead atoms. The van der Waals surface area contributed by atoms with Crippen molar-refractivity contribution in [2.75, 3.05) is 6.26 Å². The Morgan fingerprint density at radius 1 is 1.00 bits per heavy atom. The summed E-state index contributed by atoms with van der Waals surface area (Å²) in [4.78, 5) is 1.22. The molecule has 1 nitrogen and oxygen atoms in total. The molecule has 2 aromatic carbocycles. The zero-order chi connectivity index (χ0) is 13.8. The minimum Gasteiger partial charge on any atom is -0.388 e. The first-order valence-electron chi connectivity index (χ1n) is 6.47. The molecule has 1 atom stereocenters. The fourth-order valence-corrected chi connectivity index (χ4v) is 2.76. The first kappa shape index (κ1) is 14.2. The zero-order valence-corrected chi connectivity index (χ0v) is 12.5. The van der Waals surface area contributed by atoms with Gasteiger partial charge in [-0.05, 0) is 43.4 Å². The quantitative estimate of drug-likeness (QED) is 0.837. The lowest BCUT2D eigenvalue weighted by Crippen LogP contribution is -2.02. The van der Waals surface area contributed by atoms with Crippen LogP contribution in [0.3, 0.4) is 0 Å². The van der Waals surface area contributed by atoms with Crippen molar-refractivity contribution in [3.63, 3.8) is 0 Å². The summed E-state index contributed by atoms with van der Waals surface area (Å²) in [6.45, 7) is 4.19. The van der Waals surface area contributed by atoms with Crippen LogP contribution in [-0.2, 0) is 6.42 Å². The standard InChI is InChI=1S/C17H20OS/c1-12-8-13(2)10-14(9-12)11-17(18)15-4-6-16(19-3)7-5-15/h4-10,17-18H,11H2,1-3H3. The molecule has 0 aliphatic carbocycles. The van der Waals surface area contributed by atoms with E-state index in [1.54, 1.807) is 11.8 Å². The molecular formula is C17H20OS. The lowest BCUT2D eigenvalue weighted by molar-refractivity contribution is 0.178. The SMILES string of the molecule is CSc1ccc(C(O)Cc2cc(C)cc(C)c2)cc1. The van der Waals surface area contributed by atoms with Crippen LogP contribution in [0.2, 0.25) is 0 Å². The summed E-state index contributed by atoms with van der Waals surface area (Å²) in [5.74, 6) is 0. The van der Waals surface area contributed by atoms with Crippen LogP contribution < -0.4 is 0 Å². The highest BCUT2D eigenvalue weighted by atomic mass is 32.2. The van der Waals surface area contributed by atoms with Gasteiger partial charge in [0.25, 0.3) is 0 Å². The van der Waals surface area contributed by atoms with Crippen molar-refractivity contribution in [1.29, 1.82) is 0 Å². The molecule has 0 saturated carbocycles. The van der Waals surface area contributed by atoms with E-state index in [0.717, 1.165) is 5.56 Å². The molecule has 0 saturated heterocycles. The van der Waals surface area contributed by atoms with Crippen molar-refractivity contribution in [1.82, 2.24) is 0 Å². The van der Waals surface area contributed by atoms with Crippen molar-refractivity contribution in [3.8, 4) is 0 Å². The van der Waals surface area contributed by atoms with Gasteiger partial charge in [-0.15, -0.1) is 11.8 Å². The molecule has 0 aromatic heterocycles. The second-order valence-corrected chi connectivity index (χ2v) is 5.87. The van der Waals surface area contributed by atoms with E-state index in [-0.39, 0.29) is 0 Å². The van der Waals surface area contributed by atoms with E-state index in [1.807, 2.05) is 12.1 Å². The van der Waals surface area contributed by atoms with Crippen LogP contribution in [-0.4, -0.2) is 11.4 Å². The molecule has 1 unspecified atom stereocenters. The van der Waals surface area contributed by atoms with Crippen molar-refractivity contribution in [2.45, 2.75) is 31.3 Å². The average Bonchev–Trinajstić information content (AvgIpc) is 2.37. The molecule has 0 heterocycles. The van der Waals surface area contributed by atoms with Crippen molar-refractivity contribution in [2.24, 2.45) is 0 Å². The van der Waals surface area contributed by atoms with Crippen LogP contribution in [0, 0.1) is 13.8 Å². The zero-order valence-electron chi connectivity index (χ0n) is 11.7. The molecule has 0 aliphatic rings. The lowest BCUT2D eigenvalue weighted by atomic mass is 9.98. The Balaban J connectivity index is 2.13. The van der Waals surface area contributed by atoms with Gasteiger partial charge in [-0.25, -0.2) is 0 Å². The van der Waals surface area contributed by atoms with Gasteiger partial charge in [-0.2, -0.15) is 0 Å². The van der Waals surface area contributed by atoms with E-state index in [4.69, 9.17) is 0 Å². The first-order valence-corrected chi connectivity index (χ1v) is 7.70. The highest BCUT2D eigenvalue weighted by molar-refractivity contribution is 7.98. The molecule has 0 aliphatic heterocycles. The maximum atomic E-state index is 10.3. The fraction of sp³-hybridized carbons (Fsp3) is 0.294. The number of hydrogen-bond donors (Lipinski definition) is 1. The molecule has 2 heteroatoms. The van der Waals surface area contributed by atoms with E-state index in [1.165, 1.54) is 21.6 Å². The summed E-state index contributed by atoms with van der Waals surface area (Å²) in [6.07, 6.45) is 2.29. The van der Waals surface area contributed by atoms with E-state index in [0.29, 0.717) is 6.42 Å². The van der Waals surface area contributed by atoms with Gasteiger partial charge in [0.2, 0.25) is 0 Å². The molecule has 2 aromatic rings. The second-order valence-electron chi connectivity index (χ2n) is 4.99. The summed E-state index contributed by atoms with van der Waals surface area (Å²) >= 11 is 1.72. The number of rotatable bonds is 4. The normalized spacial score (nSPS) is 12.4. The molecule has 0 amide bonds. The minimum atomic E-state index is -0.433. The third-order valence-corrected chi connectivity index (χ3v) is 3.95. The van der Waals surface area contributed by atoms with E-state index in [2.05, 4.69) is 50.4 Å². The number of hydrogen-bond acceptors (Lipinski definition) is 2. The van der Waals surface area contributed by atoms with E-state index >= 15 is 0 Å². The number of aliphatic hydroxyl groups is 1. The summed E-state index contributed by atoms with van der Waals surface area (Å²) in [5, 5.41) is 10.3. The Kier molecular flexibility index (Phi) is 4.67. The smallest absolute Gasteiger partial charge is 0.0830 e. The maximum Gasteiger partial charge on any atom is 0.0830 e. The van der Waals surface area contributed by atoms with E-state index < -0.39 is 6.10 Å². The third-order valence-electron chi connectivity index (χ3n) is 3.21. The predicted molar refractivity (Wildman–Crippen MR) is 82.8 cm³/mol. The fourth-order valence-electron chi connectivity index (χ4n) is 2.35. The highest BCUT2D eigenvalue weighted by Gasteiger charge is 2.09. The molecule has 0 spiro atoms. The number of aliphatic hydroxyl groups excluding tert-OH is 1. The van der Waals surface area contributed by atoms with Crippen molar-refractivity contribution < 1.29 is 5.11 Å². The van der Waals surface area contributed by atoms with Gasteiger partial charge in [0, 0.05) is 11.3 Å². The predicted octanol–water partition coefficient (Wildman–Crippen LogP) is 4.30. The van der Waals surface area contributed by atoms with Crippen LogP contribution in [0.4, 0.5) is 0 Å². The average molecular weight is 272 g/mol. The van der Waals surface area contributed by atoms with E-state index in [9.17, 15) is 5.11 Å². The Bertz CT molecular complexity index is 525. The Hall–Kier alpha value is -1.25. The molecule has 0 fully saturated rings. The van der Waals surface area contributed by atoms with Crippen LogP contribution in [0.25, 0.3) is 0 Å². The summed E-state index contributed by atoms with van der Waals surface area (Å²) in [7, 11) is 0. The van der Waals surface area contributed by atoms with Crippen LogP contribution in [0.1, 0.15) is 28.4 Å². The maximum absolute atomic E-state index is 10.3. The molecular weight excluding hydrogens is 252 g/mol. The number of thioether (sulfide) groups is 1. The Morgan fingerprint density at radius 3 is 2.11 bits per heavy atom. The second kappa shape index (κ2) is 6.27. The minimum absolute atomic E-state index is 0.433. The Morgan fingerprint density at radius 2 is 1.58 bits per heavy atom. The topological polar surface area (TPSA) is 20.2 Å². The van der Waals surface area contributed by atoms with Gasteiger partial charge in [0.15, 0.2) is 0 Å². The molecule has 1 N–H and O–H groups in total. The summed E-state index contributed by atoms with van der Waals surface area (Å²) < 4.78 is 0. The largest absolute Gasteiger partial charge is 0.388 e. The molecule has 0 radical (unpaired) electrons. The van der Waals surface area contributed by atoms with Crippen molar-refractivity contribution in [3.05, 3.63) is 64.7 Å². The summed E-state index contributed by atoms with van der Waals surface area (Å²) in [6, 6.07) is 14.6. The van der Waals surface area contributed by atoms with Crippen LogP contribution in [0.15, 0.2) is 47.4 Å². The summed E-state index contributed by atoms with van der Waals surface area (Å²) in [5.41, 5.74) is 4.68. The van der Waals surface area contributed by atoms with Crippen molar-refractivity contribution >= 4 is 11.8 Å². The van der Waals surface area contributed by atoms with Gasteiger partial charge in [0.05, 0.1) is 6.10 Å².